The smallest absolute Gasteiger partial charge is 0.0306 e. The summed E-state index contributed by atoms with van der Waals surface area (Å²) in [4.78, 5) is 0. The Balaban J connectivity index is 0. The van der Waals surface area contributed by atoms with E-state index in [1.165, 1.54) is 0 Å². The highest BCUT2D eigenvalue weighted by atomic mass is 35.5. The molecular formula is C9H16Cl2N2. The van der Waals surface area contributed by atoms with Crippen molar-refractivity contribution in [3.05, 3.63) is 35.9 Å². The summed E-state index contributed by atoms with van der Waals surface area (Å²) >= 11 is 0. The highest BCUT2D eigenvalue weighted by Gasteiger charge is 2.01. The zero-order valence-corrected chi connectivity index (χ0v) is 8.98. The van der Waals surface area contributed by atoms with Crippen LogP contribution in [-0.2, 0) is 0 Å². The van der Waals surface area contributed by atoms with Gasteiger partial charge in [-0.2, -0.15) is 0 Å². The van der Waals surface area contributed by atoms with Crippen LogP contribution in [0.1, 0.15) is 18.0 Å². The topological polar surface area (TPSA) is 52.0 Å². The van der Waals surface area contributed by atoms with Crippen LogP contribution in [0.15, 0.2) is 30.3 Å². The molecule has 4 heteroatoms. The summed E-state index contributed by atoms with van der Waals surface area (Å²) in [6, 6.07) is 10.1. The minimum absolute atomic E-state index is 0. The minimum atomic E-state index is 0. The van der Waals surface area contributed by atoms with Crippen LogP contribution >= 0.6 is 24.8 Å². The predicted molar refractivity (Wildman–Crippen MR) is 61.5 cm³/mol. The zero-order chi connectivity index (χ0) is 8.10. The van der Waals surface area contributed by atoms with E-state index in [2.05, 4.69) is 0 Å². The Morgan fingerprint density at radius 1 is 1.08 bits per heavy atom. The molecule has 2 nitrogen and oxygen atoms in total. The summed E-state index contributed by atoms with van der Waals surface area (Å²) in [5, 5.41) is 0. The number of rotatable bonds is 3. The number of nitrogens with two attached hydrogens (primary N) is 2. The highest BCUT2D eigenvalue weighted by Crippen LogP contribution is 2.11. The number of hydrogen-bond acceptors (Lipinski definition) is 2. The lowest BCUT2D eigenvalue weighted by atomic mass is 10.1. The van der Waals surface area contributed by atoms with Crippen LogP contribution in [0.4, 0.5) is 0 Å². The third-order valence-electron chi connectivity index (χ3n) is 1.71. The fourth-order valence-corrected chi connectivity index (χ4v) is 1.05. The Labute approximate surface area is 91.5 Å². The van der Waals surface area contributed by atoms with Gasteiger partial charge in [0.2, 0.25) is 0 Å². The summed E-state index contributed by atoms with van der Waals surface area (Å²) < 4.78 is 0. The molecule has 0 amide bonds. The van der Waals surface area contributed by atoms with Gasteiger partial charge >= 0.3 is 0 Å². The largest absolute Gasteiger partial charge is 0.330 e. The lowest BCUT2D eigenvalue weighted by Gasteiger charge is -2.09. The third-order valence-corrected chi connectivity index (χ3v) is 1.71. The monoisotopic (exact) mass is 222 g/mol. The lowest BCUT2D eigenvalue weighted by molar-refractivity contribution is 0.661. The molecule has 1 unspecified atom stereocenters. The van der Waals surface area contributed by atoms with E-state index in [1.54, 1.807) is 0 Å². The van der Waals surface area contributed by atoms with Gasteiger partial charge in [-0.1, -0.05) is 30.3 Å². The van der Waals surface area contributed by atoms with Crippen molar-refractivity contribution in [2.75, 3.05) is 6.54 Å². The Bertz CT molecular complexity index is 204. The molecule has 0 saturated carbocycles. The van der Waals surface area contributed by atoms with Gasteiger partial charge in [-0.15, -0.1) is 24.8 Å². The van der Waals surface area contributed by atoms with Gasteiger partial charge in [-0.05, 0) is 18.5 Å². The molecule has 0 aromatic heterocycles. The van der Waals surface area contributed by atoms with Crippen molar-refractivity contribution in [3.8, 4) is 0 Å². The van der Waals surface area contributed by atoms with Crippen molar-refractivity contribution >= 4 is 24.8 Å². The van der Waals surface area contributed by atoms with Crippen molar-refractivity contribution in [1.82, 2.24) is 0 Å². The fourth-order valence-electron chi connectivity index (χ4n) is 1.05. The molecule has 1 rings (SSSR count). The molecule has 0 saturated heterocycles. The highest BCUT2D eigenvalue weighted by molar-refractivity contribution is 5.85. The standard InChI is InChI=1S/C9H14N2.2ClH/c10-7-6-9(11)8-4-2-1-3-5-8;;/h1-5,9H,6-7,10-11H2;2*1H. The van der Waals surface area contributed by atoms with Gasteiger partial charge < -0.3 is 11.5 Å². The molecule has 0 heterocycles. The van der Waals surface area contributed by atoms with Crippen molar-refractivity contribution in [1.29, 1.82) is 0 Å². The van der Waals surface area contributed by atoms with Crippen LogP contribution < -0.4 is 11.5 Å². The Kier molecular flexibility index (Phi) is 9.74. The van der Waals surface area contributed by atoms with E-state index in [9.17, 15) is 0 Å². The van der Waals surface area contributed by atoms with Gasteiger partial charge in [-0.25, -0.2) is 0 Å². The molecule has 0 aliphatic carbocycles. The molecule has 1 atom stereocenters. The van der Waals surface area contributed by atoms with E-state index >= 15 is 0 Å². The molecule has 0 aliphatic heterocycles. The van der Waals surface area contributed by atoms with Gasteiger partial charge in [-0.3, -0.25) is 0 Å². The second-order valence-corrected chi connectivity index (χ2v) is 2.59. The van der Waals surface area contributed by atoms with Crippen LogP contribution in [0.3, 0.4) is 0 Å². The Morgan fingerprint density at radius 3 is 2.08 bits per heavy atom. The second kappa shape index (κ2) is 8.32. The normalized spacial score (nSPS) is 10.9. The van der Waals surface area contributed by atoms with Crippen molar-refractivity contribution in [3.63, 3.8) is 0 Å². The SMILES string of the molecule is Cl.Cl.NCCC(N)c1ccccc1. The summed E-state index contributed by atoms with van der Waals surface area (Å²) in [5.74, 6) is 0. The summed E-state index contributed by atoms with van der Waals surface area (Å²) in [5.41, 5.74) is 12.4. The van der Waals surface area contributed by atoms with E-state index in [-0.39, 0.29) is 30.9 Å². The molecule has 1 aromatic rings. The molecule has 76 valence electrons. The van der Waals surface area contributed by atoms with Crippen molar-refractivity contribution < 1.29 is 0 Å². The maximum Gasteiger partial charge on any atom is 0.0306 e. The fraction of sp³-hybridized carbons (Fsp3) is 0.333. The van der Waals surface area contributed by atoms with Crippen LogP contribution in [0, 0.1) is 0 Å². The summed E-state index contributed by atoms with van der Waals surface area (Å²) in [6.07, 6.45) is 0.851. The van der Waals surface area contributed by atoms with Gasteiger partial charge in [0.1, 0.15) is 0 Å². The van der Waals surface area contributed by atoms with E-state index in [0.29, 0.717) is 6.54 Å². The first-order valence-electron chi connectivity index (χ1n) is 3.85. The van der Waals surface area contributed by atoms with Crippen molar-refractivity contribution in [2.24, 2.45) is 11.5 Å². The predicted octanol–water partition coefficient (Wildman–Crippen LogP) is 1.88. The first-order chi connectivity index (χ1) is 5.34. The van der Waals surface area contributed by atoms with Gasteiger partial charge in [0.05, 0.1) is 0 Å². The Morgan fingerprint density at radius 2 is 1.62 bits per heavy atom. The molecule has 0 bridgehead atoms. The van der Waals surface area contributed by atoms with Gasteiger partial charge in [0, 0.05) is 6.04 Å². The Hall–Kier alpha value is -0.280. The number of hydrogen-bond donors (Lipinski definition) is 2. The van der Waals surface area contributed by atoms with E-state index in [1.807, 2.05) is 30.3 Å². The van der Waals surface area contributed by atoms with Gasteiger partial charge in [0.15, 0.2) is 0 Å². The molecular weight excluding hydrogens is 207 g/mol. The van der Waals surface area contributed by atoms with Crippen LogP contribution in [0.2, 0.25) is 0 Å². The first-order valence-corrected chi connectivity index (χ1v) is 3.85. The molecule has 1 aromatic carbocycles. The van der Waals surface area contributed by atoms with E-state index < -0.39 is 0 Å². The minimum Gasteiger partial charge on any atom is -0.330 e. The quantitative estimate of drug-likeness (QED) is 0.821. The average molecular weight is 223 g/mol. The average Bonchev–Trinajstić information content (AvgIpc) is 2.07. The first kappa shape index (κ1) is 15.2. The van der Waals surface area contributed by atoms with Crippen LogP contribution in [0.25, 0.3) is 0 Å². The zero-order valence-electron chi connectivity index (χ0n) is 7.35. The summed E-state index contributed by atoms with van der Waals surface area (Å²) in [7, 11) is 0. The van der Waals surface area contributed by atoms with Crippen molar-refractivity contribution in [2.45, 2.75) is 12.5 Å². The summed E-state index contributed by atoms with van der Waals surface area (Å²) in [6.45, 7) is 0.649. The van der Waals surface area contributed by atoms with Crippen LogP contribution in [0.5, 0.6) is 0 Å². The molecule has 0 radical (unpaired) electrons. The van der Waals surface area contributed by atoms with Crippen LogP contribution in [-0.4, -0.2) is 6.54 Å². The molecule has 0 fully saturated rings. The van der Waals surface area contributed by atoms with E-state index in [4.69, 9.17) is 11.5 Å². The molecule has 13 heavy (non-hydrogen) atoms. The van der Waals surface area contributed by atoms with E-state index in [0.717, 1.165) is 12.0 Å². The van der Waals surface area contributed by atoms with Gasteiger partial charge in [0.25, 0.3) is 0 Å². The molecule has 0 aliphatic rings. The lowest BCUT2D eigenvalue weighted by Crippen LogP contribution is -2.14. The maximum atomic E-state index is 5.83. The molecule has 0 spiro atoms. The third kappa shape index (κ3) is 5.11. The molecule has 4 N–H and O–H groups in total. The second-order valence-electron chi connectivity index (χ2n) is 2.59. The maximum absolute atomic E-state index is 5.83. The number of halogens is 2. The number of benzene rings is 1.